The molecule has 0 fully saturated rings. The van der Waals surface area contributed by atoms with Crippen LogP contribution in [-0.2, 0) is 11.3 Å². The number of carbonyl (C=O) groups is 2. The van der Waals surface area contributed by atoms with Gasteiger partial charge in [0.15, 0.2) is 5.65 Å². The summed E-state index contributed by atoms with van der Waals surface area (Å²) in [5, 5.41) is 13.1. The van der Waals surface area contributed by atoms with E-state index in [9.17, 15) is 22.8 Å². The molecule has 0 aliphatic carbocycles. The van der Waals surface area contributed by atoms with Crippen molar-refractivity contribution in [2.45, 2.75) is 45.5 Å². The van der Waals surface area contributed by atoms with E-state index in [-0.39, 0.29) is 12.5 Å². The molecule has 1 atom stereocenters. The first kappa shape index (κ1) is 21.3. The summed E-state index contributed by atoms with van der Waals surface area (Å²) in [5.74, 6) is -1.05. The molecule has 1 unspecified atom stereocenters. The molecule has 0 spiro atoms. The van der Waals surface area contributed by atoms with Crippen LogP contribution >= 0.6 is 0 Å². The van der Waals surface area contributed by atoms with Gasteiger partial charge in [-0.1, -0.05) is 5.16 Å². The first-order chi connectivity index (χ1) is 14.1. The van der Waals surface area contributed by atoms with Gasteiger partial charge in [-0.15, -0.1) is 0 Å². The van der Waals surface area contributed by atoms with Crippen molar-refractivity contribution >= 4 is 17.5 Å². The van der Waals surface area contributed by atoms with Crippen LogP contribution in [-0.4, -0.2) is 37.7 Å². The maximum absolute atomic E-state index is 12.2. The number of fused-ring (bicyclic) bond motifs is 1. The Morgan fingerprint density at radius 3 is 2.77 bits per heavy atom. The molecule has 0 saturated heterocycles. The number of carbonyl (C=O) groups excluding carboxylic acids is 2. The zero-order chi connectivity index (χ0) is 21.9. The SMILES string of the molecule is Cc1nocc1C(=O)NCc1cn2ncc(C(C)NC(=O)CCC(F)(F)F)cc2n1. The fourth-order valence-electron chi connectivity index (χ4n) is 2.69. The van der Waals surface area contributed by atoms with Crippen LogP contribution in [0.15, 0.2) is 29.2 Å². The normalized spacial score (nSPS) is 12.7. The molecule has 2 amide bonds. The highest BCUT2D eigenvalue weighted by Crippen LogP contribution is 2.21. The molecule has 0 aliphatic rings. The summed E-state index contributed by atoms with van der Waals surface area (Å²) in [6.07, 6.45) is -1.81. The van der Waals surface area contributed by atoms with Gasteiger partial charge in [0, 0.05) is 6.42 Å². The van der Waals surface area contributed by atoms with E-state index in [1.165, 1.54) is 17.0 Å². The molecule has 160 valence electrons. The van der Waals surface area contributed by atoms with E-state index in [4.69, 9.17) is 4.52 Å². The monoisotopic (exact) mass is 424 g/mol. The van der Waals surface area contributed by atoms with Crippen molar-refractivity contribution in [3.63, 3.8) is 0 Å². The number of rotatable bonds is 7. The number of hydrogen-bond acceptors (Lipinski definition) is 6. The Morgan fingerprint density at radius 2 is 2.10 bits per heavy atom. The number of imidazole rings is 1. The van der Waals surface area contributed by atoms with Gasteiger partial charge in [-0.2, -0.15) is 18.3 Å². The molecule has 12 heteroatoms. The first-order valence-corrected chi connectivity index (χ1v) is 9.02. The van der Waals surface area contributed by atoms with Gasteiger partial charge in [0.1, 0.15) is 11.8 Å². The largest absolute Gasteiger partial charge is 0.389 e. The number of nitrogens with one attached hydrogen (secondary N) is 2. The average Bonchev–Trinajstić information content (AvgIpc) is 3.28. The highest BCUT2D eigenvalue weighted by molar-refractivity contribution is 5.94. The summed E-state index contributed by atoms with van der Waals surface area (Å²) in [6, 6.07) is 1.12. The molecule has 0 saturated carbocycles. The third-order valence-electron chi connectivity index (χ3n) is 4.33. The van der Waals surface area contributed by atoms with Gasteiger partial charge in [0.2, 0.25) is 5.91 Å². The van der Waals surface area contributed by atoms with Crippen LogP contribution in [0.1, 0.15) is 53.1 Å². The number of aryl methyl sites for hydroxylation is 1. The number of hydrogen-bond donors (Lipinski definition) is 2. The lowest BCUT2D eigenvalue weighted by Gasteiger charge is -2.14. The summed E-state index contributed by atoms with van der Waals surface area (Å²) in [5.41, 5.74) is 2.40. The van der Waals surface area contributed by atoms with E-state index < -0.39 is 31.0 Å². The van der Waals surface area contributed by atoms with E-state index in [1.807, 2.05) is 0 Å². The summed E-state index contributed by atoms with van der Waals surface area (Å²) >= 11 is 0. The molecular weight excluding hydrogens is 405 g/mol. The van der Waals surface area contributed by atoms with Crippen LogP contribution in [0.3, 0.4) is 0 Å². The second kappa shape index (κ2) is 8.51. The van der Waals surface area contributed by atoms with E-state index in [1.54, 1.807) is 26.1 Å². The van der Waals surface area contributed by atoms with Gasteiger partial charge in [0.05, 0.1) is 42.8 Å². The van der Waals surface area contributed by atoms with E-state index >= 15 is 0 Å². The maximum Gasteiger partial charge on any atom is 0.389 e. The number of aromatic nitrogens is 4. The Balaban J connectivity index is 1.61. The van der Waals surface area contributed by atoms with Gasteiger partial charge in [-0.05, 0) is 25.5 Å². The lowest BCUT2D eigenvalue weighted by Crippen LogP contribution is -2.28. The summed E-state index contributed by atoms with van der Waals surface area (Å²) in [6.45, 7) is 3.44. The Hall–Kier alpha value is -3.44. The Morgan fingerprint density at radius 1 is 1.33 bits per heavy atom. The lowest BCUT2D eigenvalue weighted by molar-refractivity contribution is -0.144. The molecule has 3 rings (SSSR count). The van der Waals surface area contributed by atoms with Crippen LogP contribution in [0, 0.1) is 6.92 Å². The summed E-state index contributed by atoms with van der Waals surface area (Å²) in [4.78, 5) is 28.2. The van der Waals surface area contributed by atoms with E-state index in [0.717, 1.165) is 0 Å². The molecular formula is C18H19F3N6O3. The molecule has 9 nitrogen and oxygen atoms in total. The van der Waals surface area contributed by atoms with Crippen LogP contribution < -0.4 is 10.6 Å². The maximum atomic E-state index is 12.2. The van der Waals surface area contributed by atoms with Crippen molar-refractivity contribution in [3.8, 4) is 0 Å². The van der Waals surface area contributed by atoms with Gasteiger partial charge < -0.3 is 15.2 Å². The predicted octanol–water partition coefficient (Wildman–Crippen LogP) is 2.48. The van der Waals surface area contributed by atoms with Crippen LogP contribution in [0.5, 0.6) is 0 Å². The summed E-state index contributed by atoms with van der Waals surface area (Å²) in [7, 11) is 0. The molecule has 0 radical (unpaired) electrons. The van der Waals surface area contributed by atoms with Crippen molar-refractivity contribution in [2.24, 2.45) is 0 Å². The van der Waals surface area contributed by atoms with Crippen molar-refractivity contribution in [1.29, 1.82) is 0 Å². The van der Waals surface area contributed by atoms with Gasteiger partial charge in [-0.25, -0.2) is 9.50 Å². The summed E-state index contributed by atoms with van der Waals surface area (Å²) < 4.78 is 42.9. The third-order valence-corrected chi connectivity index (χ3v) is 4.33. The van der Waals surface area contributed by atoms with E-state index in [2.05, 4.69) is 25.9 Å². The standard InChI is InChI=1S/C18H19F3N6O3/c1-10(24-16(28)3-4-18(19,20)21)12-5-15-25-13(8-27(15)23-6-12)7-22-17(29)14-9-30-26-11(14)2/h5-6,8-10H,3-4,7H2,1-2H3,(H,22,29)(H,24,28). The minimum atomic E-state index is -4.38. The smallest absolute Gasteiger partial charge is 0.364 e. The molecule has 3 aromatic rings. The average molecular weight is 424 g/mol. The van der Waals surface area contributed by atoms with Gasteiger partial charge in [-0.3, -0.25) is 9.59 Å². The van der Waals surface area contributed by atoms with Crippen molar-refractivity contribution < 1.29 is 27.3 Å². The number of halogens is 3. The van der Waals surface area contributed by atoms with Crippen LogP contribution in [0.25, 0.3) is 5.65 Å². The number of amides is 2. The van der Waals surface area contributed by atoms with Crippen molar-refractivity contribution in [2.75, 3.05) is 0 Å². The van der Waals surface area contributed by atoms with Crippen molar-refractivity contribution in [1.82, 2.24) is 30.4 Å². The molecule has 3 aromatic heterocycles. The minimum Gasteiger partial charge on any atom is -0.364 e. The van der Waals surface area contributed by atoms with Crippen molar-refractivity contribution in [3.05, 3.63) is 47.2 Å². The molecule has 30 heavy (non-hydrogen) atoms. The Kier molecular flexibility index (Phi) is 6.04. The Bertz CT molecular complexity index is 1060. The van der Waals surface area contributed by atoms with Crippen LogP contribution in [0.2, 0.25) is 0 Å². The third kappa shape index (κ3) is 5.33. The predicted molar refractivity (Wildman–Crippen MR) is 97.2 cm³/mol. The highest BCUT2D eigenvalue weighted by Gasteiger charge is 2.28. The van der Waals surface area contributed by atoms with Gasteiger partial charge in [0.25, 0.3) is 5.91 Å². The second-order valence-corrected chi connectivity index (χ2v) is 6.72. The zero-order valence-electron chi connectivity index (χ0n) is 16.2. The fourth-order valence-corrected chi connectivity index (χ4v) is 2.69. The lowest BCUT2D eigenvalue weighted by atomic mass is 10.1. The highest BCUT2D eigenvalue weighted by atomic mass is 19.4. The topological polar surface area (TPSA) is 114 Å². The fraction of sp³-hybridized carbons (Fsp3) is 0.389. The molecule has 2 N–H and O–H groups in total. The minimum absolute atomic E-state index is 0.145. The molecule has 0 aromatic carbocycles. The molecule has 0 aliphatic heterocycles. The quantitative estimate of drug-likeness (QED) is 0.602. The zero-order valence-corrected chi connectivity index (χ0v) is 16.2. The second-order valence-electron chi connectivity index (χ2n) is 6.72. The first-order valence-electron chi connectivity index (χ1n) is 9.02. The Labute approximate surface area is 168 Å². The number of nitrogens with zero attached hydrogens (tertiary/aromatic N) is 4. The number of alkyl halides is 3. The molecule has 0 bridgehead atoms. The van der Waals surface area contributed by atoms with E-state index in [0.29, 0.717) is 28.2 Å². The molecule has 3 heterocycles. The van der Waals surface area contributed by atoms with Crippen LogP contribution in [0.4, 0.5) is 13.2 Å². The van der Waals surface area contributed by atoms with Gasteiger partial charge >= 0.3 is 6.18 Å².